The van der Waals surface area contributed by atoms with Gasteiger partial charge in [-0.2, -0.15) is 0 Å². The van der Waals surface area contributed by atoms with Crippen molar-refractivity contribution in [1.29, 1.82) is 0 Å². The van der Waals surface area contributed by atoms with Crippen LogP contribution < -0.4 is 10.1 Å². The molecule has 1 aliphatic heterocycles. The van der Waals surface area contributed by atoms with Crippen LogP contribution in [-0.2, 0) is 0 Å². The highest BCUT2D eigenvalue weighted by atomic mass is 79.9. The van der Waals surface area contributed by atoms with Gasteiger partial charge in [0.2, 0.25) is 0 Å². The summed E-state index contributed by atoms with van der Waals surface area (Å²) in [7, 11) is 0. The van der Waals surface area contributed by atoms with E-state index in [-0.39, 0.29) is 5.60 Å². The second-order valence-corrected chi connectivity index (χ2v) is 4.73. The average Bonchev–Trinajstić information content (AvgIpc) is 2.20. The normalized spacial score (nSPS) is 24.8. The van der Waals surface area contributed by atoms with Crippen LogP contribution >= 0.6 is 15.9 Å². The minimum absolute atomic E-state index is 0.0864. The van der Waals surface area contributed by atoms with Gasteiger partial charge in [-0.1, -0.05) is 13.0 Å². The zero-order valence-corrected chi connectivity index (χ0v) is 10.0. The number of rotatable bonds is 1. The number of ether oxygens (including phenoxy) is 1. The maximum Gasteiger partial charge on any atom is 0.157 e. The predicted molar refractivity (Wildman–Crippen MR) is 62.0 cm³/mol. The predicted octanol–water partition coefficient (Wildman–Crippen LogP) is 3.42. The Balaban J connectivity index is 2.38. The molecule has 0 saturated heterocycles. The Labute approximate surface area is 92.8 Å². The third kappa shape index (κ3) is 1.61. The Bertz CT molecular complexity index is 353. The average molecular weight is 256 g/mol. The summed E-state index contributed by atoms with van der Waals surface area (Å²) in [4.78, 5) is 0. The fourth-order valence-electron chi connectivity index (χ4n) is 1.51. The van der Waals surface area contributed by atoms with Crippen LogP contribution in [0.3, 0.4) is 0 Å². The minimum Gasteiger partial charge on any atom is -0.482 e. The first-order valence-electron chi connectivity index (χ1n) is 4.86. The summed E-state index contributed by atoms with van der Waals surface area (Å²) in [5.74, 6) is 0.933. The summed E-state index contributed by atoms with van der Waals surface area (Å²) in [6.45, 7) is 5.14. The molecule has 2 rings (SSSR count). The van der Waals surface area contributed by atoms with Crippen LogP contribution in [0.15, 0.2) is 22.7 Å². The Morgan fingerprint density at radius 2 is 2.36 bits per heavy atom. The van der Waals surface area contributed by atoms with Crippen LogP contribution in [0.5, 0.6) is 5.75 Å². The van der Waals surface area contributed by atoms with E-state index in [0.717, 1.165) is 28.9 Å². The number of benzene rings is 1. The van der Waals surface area contributed by atoms with Gasteiger partial charge in [0.1, 0.15) is 5.60 Å². The number of hydrogen-bond donors (Lipinski definition) is 1. The Hall–Kier alpha value is -0.700. The van der Waals surface area contributed by atoms with Gasteiger partial charge in [0.05, 0.1) is 16.7 Å². The largest absolute Gasteiger partial charge is 0.482 e. The van der Waals surface area contributed by atoms with Gasteiger partial charge in [0.15, 0.2) is 5.75 Å². The van der Waals surface area contributed by atoms with Crippen molar-refractivity contribution in [2.24, 2.45) is 0 Å². The standard InChI is InChI=1S/C11H14BrNO/c1-3-11(2)7-13-9-6-4-5-8(12)10(9)14-11/h4-6,13H,3,7H2,1-2H3. The molecule has 1 unspecified atom stereocenters. The maximum atomic E-state index is 5.99. The number of halogens is 1. The Morgan fingerprint density at radius 3 is 3.07 bits per heavy atom. The summed E-state index contributed by atoms with van der Waals surface area (Å²) in [5.41, 5.74) is 0.988. The Morgan fingerprint density at radius 1 is 1.57 bits per heavy atom. The number of fused-ring (bicyclic) bond motifs is 1. The molecule has 0 aliphatic carbocycles. The van der Waals surface area contributed by atoms with Crippen LogP contribution in [0.25, 0.3) is 0 Å². The van der Waals surface area contributed by atoms with Crippen molar-refractivity contribution in [2.75, 3.05) is 11.9 Å². The highest BCUT2D eigenvalue weighted by Crippen LogP contribution is 2.39. The van der Waals surface area contributed by atoms with E-state index >= 15 is 0 Å². The van der Waals surface area contributed by atoms with Crippen molar-refractivity contribution in [3.05, 3.63) is 22.7 Å². The molecule has 1 aromatic rings. The lowest BCUT2D eigenvalue weighted by atomic mass is 10.0. The fourth-order valence-corrected chi connectivity index (χ4v) is 1.96. The maximum absolute atomic E-state index is 5.99. The van der Waals surface area contributed by atoms with Gasteiger partial charge in [0, 0.05) is 0 Å². The second-order valence-electron chi connectivity index (χ2n) is 3.88. The van der Waals surface area contributed by atoms with Gasteiger partial charge in [0.25, 0.3) is 0 Å². The molecule has 14 heavy (non-hydrogen) atoms. The molecule has 0 radical (unpaired) electrons. The van der Waals surface area contributed by atoms with E-state index in [4.69, 9.17) is 4.74 Å². The number of nitrogens with one attached hydrogen (secondary N) is 1. The lowest BCUT2D eigenvalue weighted by Crippen LogP contribution is -2.42. The first kappa shape index (κ1) is 9.84. The first-order chi connectivity index (χ1) is 6.64. The van der Waals surface area contributed by atoms with Crippen LogP contribution in [0.4, 0.5) is 5.69 Å². The van der Waals surface area contributed by atoms with Crippen molar-refractivity contribution < 1.29 is 4.74 Å². The molecule has 1 atom stereocenters. The summed E-state index contributed by atoms with van der Waals surface area (Å²) in [6.07, 6.45) is 1.00. The fraction of sp³-hybridized carbons (Fsp3) is 0.455. The zero-order chi connectivity index (χ0) is 10.2. The third-order valence-electron chi connectivity index (χ3n) is 2.72. The molecule has 0 aromatic heterocycles. The van der Waals surface area contributed by atoms with Gasteiger partial charge >= 0.3 is 0 Å². The lowest BCUT2D eigenvalue weighted by Gasteiger charge is -2.36. The molecule has 0 amide bonds. The number of anilines is 1. The molecule has 0 bridgehead atoms. The van der Waals surface area contributed by atoms with E-state index in [9.17, 15) is 0 Å². The molecule has 76 valence electrons. The van der Waals surface area contributed by atoms with Crippen LogP contribution in [0, 0.1) is 0 Å². The molecule has 1 N–H and O–H groups in total. The highest BCUT2D eigenvalue weighted by molar-refractivity contribution is 9.10. The Kier molecular flexibility index (Phi) is 2.43. The minimum atomic E-state index is -0.0864. The topological polar surface area (TPSA) is 21.3 Å². The van der Waals surface area contributed by atoms with Gasteiger partial charge in [-0.05, 0) is 41.4 Å². The molecular weight excluding hydrogens is 242 g/mol. The summed E-state index contributed by atoms with van der Waals surface area (Å²) < 4.78 is 7.01. The molecule has 0 spiro atoms. The van der Waals surface area contributed by atoms with Crippen LogP contribution in [0.1, 0.15) is 20.3 Å². The van der Waals surface area contributed by atoms with Crippen molar-refractivity contribution in [3.63, 3.8) is 0 Å². The first-order valence-corrected chi connectivity index (χ1v) is 5.65. The van der Waals surface area contributed by atoms with E-state index in [2.05, 4.69) is 35.1 Å². The summed E-state index contributed by atoms with van der Waals surface area (Å²) in [5, 5.41) is 3.39. The number of hydrogen-bond acceptors (Lipinski definition) is 2. The van der Waals surface area contributed by atoms with E-state index in [1.165, 1.54) is 0 Å². The lowest BCUT2D eigenvalue weighted by molar-refractivity contribution is 0.0902. The molecule has 0 saturated carbocycles. The molecule has 1 aliphatic rings. The van der Waals surface area contributed by atoms with Crippen LogP contribution in [0.2, 0.25) is 0 Å². The molecule has 1 aromatic carbocycles. The molecule has 0 fully saturated rings. The SMILES string of the molecule is CCC1(C)CNc2cccc(Br)c2O1. The van der Waals surface area contributed by atoms with Crippen molar-refractivity contribution in [1.82, 2.24) is 0 Å². The van der Waals surface area contributed by atoms with Gasteiger partial charge in [-0.25, -0.2) is 0 Å². The monoisotopic (exact) mass is 255 g/mol. The zero-order valence-electron chi connectivity index (χ0n) is 8.43. The molecule has 3 heteroatoms. The summed E-state index contributed by atoms with van der Waals surface area (Å²) in [6, 6.07) is 6.05. The van der Waals surface area contributed by atoms with Crippen LogP contribution in [-0.4, -0.2) is 12.1 Å². The van der Waals surface area contributed by atoms with Crippen molar-refractivity contribution in [2.45, 2.75) is 25.9 Å². The van der Waals surface area contributed by atoms with E-state index in [0.29, 0.717) is 0 Å². The van der Waals surface area contributed by atoms with Crippen molar-refractivity contribution in [3.8, 4) is 5.75 Å². The quantitative estimate of drug-likeness (QED) is 0.831. The molecule has 2 nitrogen and oxygen atoms in total. The highest BCUT2D eigenvalue weighted by Gasteiger charge is 2.30. The molecular formula is C11H14BrNO. The van der Waals surface area contributed by atoms with E-state index < -0.39 is 0 Å². The van der Waals surface area contributed by atoms with Gasteiger partial charge < -0.3 is 10.1 Å². The van der Waals surface area contributed by atoms with Gasteiger partial charge in [-0.15, -0.1) is 0 Å². The number of para-hydroxylation sites is 1. The van der Waals surface area contributed by atoms with Crippen molar-refractivity contribution >= 4 is 21.6 Å². The van der Waals surface area contributed by atoms with E-state index in [1.807, 2.05) is 18.2 Å². The third-order valence-corrected chi connectivity index (χ3v) is 3.34. The van der Waals surface area contributed by atoms with E-state index in [1.54, 1.807) is 0 Å². The van der Waals surface area contributed by atoms with Gasteiger partial charge in [-0.3, -0.25) is 0 Å². The second kappa shape index (κ2) is 3.46. The molecule has 1 heterocycles. The smallest absolute Gasteiger partial charge is 0.157 e. The summed E-state index contributed by atoms with van der Waals surface area (Å²) >= 11 is 3.50.